The minimum Gasteiger partial charge on any atom is -0.481 e. The van der Waals surface area contributed by atoms with Crippen molar-refractivity contribution in [1.82, 2.24) is 5.32 Å². The maximum absolute atomic E-state index is 12.3. The van der Waals surface area contributed by atoms with Gasteiger partial charge in [-0.25, -0.2) is 0 Å². The number of carboxylic acids is 1. The topological polar surface area (TPSA) is 95.5 Å². The molecule has 136 valence electrons. The van der Waals surface area contributed by atoms with E-state index in [2.05, 4.69) is 10.6 Å². The van der Waals surface area contributed by atoms with E-state index in [4.69, 9.17) is 16.7 Å². The maximum Gasteiger partial charge on any atom is 0.311 e. The van der Waals surface area contributed by atoms with Gasteiger partial charge in [-0.05, 0) is 36.5 Å². The van der Waals surface area contributed by atoms with E-state index in [1.54, 1.807) is 6.07 Å². The van der Waals surface area contributed by atoms with E-state index in [-0.39, 0.29) is 28.5 Å². The van der Waals surface area contributed by atoms with Gasteiger partial charge >= 0.3 is 5.97 Å². The lowest BCUT2D eigenvalue weighted by Gasteiger charge is -2.17. The molecule has 1 saturated carbocycles. The second-order valence-corrected chi connectivity index (χ2v) is 8.16. The molecule has 0 heterocycles. The van der Waals surface area contributed by atoms with E-state index in [0.717, 1.165) is 0 Å². The number of anilines is 1. The number of carbonyl (C=O) groups is 3. The molecular weight excluding hydrogens is 344 g/mol. The normalized spacial score (nSPS) is 15.4. The van der Waals surface area contributed by atoms with Crippen LogP contribution >= 0.6 is 11.6 Å². The fourth-order valence-electron chi connectivity index (χ4n) is 2.43. The summed E-state index contributed by atoms with van der Waals surface area (Å²) in [6.07, 6.45) is 1.46. The molecule has 1 aromatic rings. The van der Waals surface area contributed by atoms with Crippen molar-refractivity contribution >= 4 is 35.1 Å². The van der Waals surface area contributed by atoms with E-state index in [1.807, 2.05) is 20.8 Å². The summed E-state index contributed by atoms with van der Waals surface area (Å²) < 4.78 is 0. The van der Waals surface area contributed by atoms with Crippen LogP contribution in [-0.2, 0) is 9.59 Å². The Hall–Kier alpha value is -2.08. The molecule has 0 aromatic heterocycles. The van der Waals surface area contributed by atoms with E-state index in [0.29, 0.717) is 24.9 Å². The third-order valence-electron chi connectivity index (χ3n) is 4.08. The summed E-state index contributed by atoms with van der Waals surface area (Å²) in [5.41, 5.74) is -0.313. The van der Waals surface area contributed by atoms with Crippen molar-refractivity contribution in [1.29, 1.82) is 0 Å². The molecule has 25 heavy (non-hydrogen) atoms. The summed E-state index contributed by atoms with van der Waals surface area (Å²) in [6.45, 7) is 5.95. The third-order valence-corrected chi connectivity index (χ3v) is 4.41. The highest BCUT2D eigenvalue weighted by molar-refractivity contribution is 6.34. The summed E-state index contributed by atoms with van der Waals surface area (Å²) >= 11 is 6.07. The quantitative estimate of drug-likeness (QED) is 0.719. The van der Waals surface area contributed by atoms with Crippen LogP contribution in [0.5, 0.6) is 0 Å². The summed E-state index contributed by atoms with van der Waals surface area (Å²) in [6, 6.07) is 4.66. The number of aliphatic carboxylic acids is 1. The molecule has 6 nitrogen and oxygen atoms in total. The van der Waals surface area contributed by atoms with Crippen molar-refractivity contribution < 1.29 is 19.5 Å². The first-order valence-corrected chi connectivity index (χ1v) is 8.51. The molecule has 3 N–H and O–H groups in total. The number of rotatable bonds is 6. The van der Waals surface area contributed by atoms with Gasteiger partial charge in [0, 0.05) is 18.7 Å². The number of hydrogen-bond donors (Lipinski definition) is 3. The van der Waals surface area contributed by atoms with Crippen LogP contribution in [0.4, 0.5) is 5.69 Å². The fourth-order valence-corrected chi connectivity index (χ4v) is 2.63. The smallest absolute Gasteiger partial charge is 0.311 e. The molecule has 1 fully saturated rings. The minimum absolute atomic E-state index is 0.0676. The molecular formula is C18H23ClN2O4. The Balaban J connectivity index is 2.04. The fraction of sp³-hybridized carbons (Fsp3) is 0.500. The number of nitrogens with one attached hydrogen (secondary N) is 2. The van der Waals surface area contributed by atoms with Crippen LogP contribution in [0.3, 0.4) is 0 Å². The first-order valence-electron chi connectivity index (χ1n) is 8.13. The Morgan fingerprint density at radius 1 is 1.24 bits per heavy atom. The monoisotopic (exact) mass is 366 g/mol. The zero-order valence-electron chi connectivity index (χ0n) is 14.6. The molecule has 7 heteroatoms. The van der Waals surface area contributed by atoms with Crippen LogP contribution in [0.2, 0.25) is 5.02 Å². The van der Waals surface area contributed by atoms with Gasteiger partial charge in [0.1, 0.15) is 0 Å². The van der Waals surface area contributed by atoms with Crippen LogP contribution in [0.25, 0.3) is 0 Å². The summed E-state index contributed by atoms with van der Waals surface area (Å²) in [5.74, 6) is -1.50. The molecule has 1 aliphatic carbocycles. The lowest BCUT2D eigenvalue weighted by Crippen LogP contribution is -2.34. The van der Waals surface area contributed by atoms with Crippen LogP contribution in [0.1, 0.15) is 50.4 Å². The Kier molecular flexibility index (Phi) is 5.42. The summed E-state index contributed by atoms with van der Waals surface area (Å²) in [5, 5.41) is 14.8. The maximum atomic E-state index is 12.3. The molecule has 0 aliphatic heterocycles. The Morgan fingerprint density at radius 2 is 1.88 bits per heavy atom. The van der Waals surface area contributed by atoms with E-state index in [1.165, 1.54) is 12.1 Å². The van der Waals surface area contributed by atoms with Gasteiger partial charge in [-0.2, -0.15) is 0 Å². The van der Waals surface area contributed by atoms with Crippen molar-refractivity contribution in [3.8, 4) is 0 Å². The lowest BCUT2D eigenvalue weighted by molar-refractivity contribution is -0.143. The van der Waals surface area contributed by atoms with Gasteiger partial charge in [0.05, 0.1) is 16.0 Å². The van der Waals surface area contributed by atoms with Gasteiger partial charge in [-0.1, -0.05) is 32.4 Å². The molecule has 0 saturated heterocycles. The number of halogens is 1. The van der Waals surface area contributed by atoms with Gasteiger partial charge < -0.3 is 15.7 Å². The van der Waals surface area contributed by atoms with Gasteiger partial charge in [-0.3, -0.25) is 14.4 Å². The van der Waals surface area contributed by atoms with E-state index < -0.39 is 17.3 Å². The summed E-state index contributed by atoms with van der Waals surface area (Å²) in [7, 11) is 0. The van der Waals surface area contributed by atoms with E-state index >= 15 is 0 Å². The lowest BCUT2D eigenvalue weighted by atomic mass is 9.92. The zero-order chi connectivity index (χ0) is 18.8. The predicted octanol–water partition coefficient (Wildman–Crippen LogP) is 3.31. The average molecular weight is 367 g/mol. The minimum atomic E-state index is -0.901. The Morgan fingerprint density at radius 3 is 2.40 bits per heavy atom. The number of hydrogen-bond acceptors (Lipinski definition) is 3. The van der Waals surface area contributed by atoms with Crippen molar-refractivity contribution in [2.45, 2.75) is 40.0 Å². The van der Waals surface area contributed by atoms with Crippen LogP contribution in [-0.4, -0.2) is 29.4 Å². The van der Waals surface area contributed by atoms with Gasteiger partial charge in [0.25, 0.3) is 5.91 Å². The molecule has 0 bridgehead atoms. The molecule has 0 spiro atoms. The predicted molar refractivity (Wildman–Crippen MR) is 95.8 cm³/mol. The average Bonchev–Trinajstić information content (AvgIpc) is 3.26. The van der Waals surface area contributed by atoms with Crippen molar-refractivity contribution in [3.05, 3.63) is 28.8 Å². The van der Waals surface area contributed by atoms with Crippen LogP contribution < -0.4 is 10.6 Å². The number of carboxylic acid groups (broad SMARTS) is 1. The molecule has 0 unspecified atom stereocenters. The zero-order valence-corrected chi connectivity index (χ0v) is 15.4. The van der Waals surface area contributed by atoms with Gasteiger partial charge in [-0.15, -0.1) is 0 Å². The largest absolute Gasteiger partial charge is 0.481 e. The molecule has 2 amide bonds. The summed E-state index contributed by atoms with van der Waals surface area (Å²) in [4.78, 5) is 35.5. The molecule has 1 aliphatic rings. The molecule has 1 aromatic carbocycles. The number of carbonyl (C=O) groups excluding carboxylic acids is 2. The van der Waals surface area contributed by atoms with Crippen LogP contribution in [0, 0.1) is 10.8 Å². The van der Waals surface area contributed by atoms with Gasteiger partial charge in [0.15, 0.2) is 0 Å². The molecule has 2 rings (SSSR count). The van der Waals surface area contributed by atoms with Gasteiger partial charge in [0.2, 0.25) is 5.91 Å². The van der Waals surface area contributed by atoms with Crippen molar-refractivity contribution in [2.24, 2.45) is 10.8 Å². The highest BCUT2D eigenvalue weighted by Gasteiger charge is 2.50. The standard InChI is InChI=1S/C18H23ClN2O4/c1-17(2,3)9-14(22)21-11-4-5-13(19)12(8-11)15(23)20-10-18(6-7-18)16(24)25/h4-5,8H,6-7,9-10H2,1-3H3,(H,20,23)(H,21,22)(H,24,25). The first-order chi connectivity index (χ1) is 11.5. The first kappa shape index (κ1) is 19.2. The van der Waals surface area contributed by atoms with E-state index in [9.17, 15) is 14.4 Å². The van der Waals surface area contributed by atoms with Crippen LogP contribution in [0.15, 0.2) is 18.2 Å². The highest BCUT2D eigenvalue weighted by Crippen LogP contribution is 2.45. The van der Waals surface area contributed by atoms with Crippen molar-refractivity contribution in [2.75, 3.05) is 11.9 Å². The second kappa shape index (κ2) is 7.04. The SMILES string of the molecule is CC(C)(C)CC(=O)Nc1ccc(Cl)c(C(=O)NCC2(C(=O)O)CC2)c1. The second-order valence-electron chi connectivity index (χ2n) is 7.75. The Labute approximate surface area is 151 Å². The Bertz CT molecular complexity index is 706. The molecule has 0 radical (unpaired) electrons. The number of amides is 2. The third kappa shape index (κ3) is 5.19. The highest BCUT2D eigenvalue weighted by atomic mass is 35.5. The van der Waals surface area contributed by atoms with Crippen molar-refractivity contribution in [3.63, 3.8) is 0 Å². The number of benzene rings is 1. The molecule has 0 atom stereocenters.